The van der Waals surface area contributed by atoms with Gasteiger partial charge in [0, 0.05) is 25.0 Å². The van der Waals surface area contributed by atoms with Crippen molar-refractivity contribution in [3.63, 3.8) is 0 Å². The normalized spacial score (nSPS) is 12.1. The second-order valence-electron chi connectivity index (χ2n) is 6.46. The second-order valence-corrected chi connectivity index (χ2v) is 6.46. The highest BCUT2D eigenvalue weighted by Gasteiger charge is 2.14. The van der Waals surface area contributed by atoms with Gasteiger partial charge in [0.05, 0.1) is 10.9 Å². The Kier molecular flexibility index (Phi) is 5.16. The van der Waals surface area contributed by atoms with Crippen LogP contribution in [0.5, 0.6) is 0 Å². The van der Waals surface area contributed by atoms with Crippen LogP contribution < -0.4 is 16.7 Å². The zero-order valence-corrected chi connectivity index (χ0v) is 15.5. The van der Waals surface area contributed by atoms with Crippen molar-refractivity contribution in [2.75, 3.05) is 0 Å². The SMILES string of the molecule is CCCn1c(=O)[nH]c(=O)c2cc(C(=O)n3ccccc3=NC(C)C)cnc21. The summed E-state index contributed by atoms with van der Waals surface area (Å²) in [6.07, 6.45) is 3.72. The molecule has 0 aliphatic carbocycles. The molecule has 3 rings (SSSR count). The van der Waals surface area contributed by atoms with Gasteiger partial charge in [0.15, 0.2) is 0 Å². The van der Waals surface area contributed by atoms with Crippen molar-refractivity contribution in [2.24, 2.45) is 4.99 Å². The maximum Gasteiger partial charge on any atom is 0.329 e. The van der Waals surface area contributed by atoms with Gasteiger partial charge < -0.3 is 0 Å². The van der Waals surface area contributed by atoms with Gasteiger partial charge in [-0.05, 0) is 38.5 Å². The minimum Gasteiger partial charge on any atom is -0.278 e. The molecule has 1 N–H and O–H groups in total. The Hall–Kier alpha value is -3.29. The molecule has 3 aromatic rings. The fourth-order valence-corrected chi connectivity index (χ4v) is 2.83. The van der Waals surface area contributed by atoms with Gasteiger partial charge in [-0.2, -0.15) is 0 Å². The van der Waals surface area contributed by atoms with Crippen LogP contribution in [0.3, 0.4) is 0 Å². The number of nitrogens with one attached hydrogen (secondary N) is 1. The number of fused-ring (bicyclic) bond motifs is 1. The number of aryl methyl sites for hydroxylation is 1. The number of hydrogen-bond donors (Lipinski definition) is 1. The molecule has 0 aliphatic rings. The Morgan fingerprint density at radius 3 is 2.78 bits per heavy atom. The average molecular weight is 367 g/mol. The number of rotatable bonds is 4. The fraction of sp³-hybridized carbons (Fsp3) is 0.316. The summed E-state index contributed by atoms with van der Waals surface area (Å²) in [5, 5.41) is 0.202. The lowest BCUT2D eigenvalue weighted by Gasteiger charge is -2.10. The fourth-order valence-electron chi connectivity index (χ4n) is 2.83. The highest BCUT2D eigenvalue weighted by molar-refractivity contribution is 5.98. The van der Waals surface area contributed by atoms with Crippen LogP contribution in [0.15, 0.2) is 51.2 Å². The Morgan fingerprint density at radius 1 is 1.30 bits per heavy atom. The summed E-state index contributed by atoms with van der Waals surface area (Å²) >= 11 is 0. The van der Waals surface area contributed by atoms with Gasteiger partial charge in [0.2, 0.25) is 0 Å². The van der Waals surface area contributed by atoms with Crippen LogP contribution in [0, 0.1) is 0 Å². The minimum absolute atomic E-state index is 0.0208. The highest BCUT2D eigenvalue weighted by Crippen LogP contribution is 2.09. The molecule has 8 heteroatoms. The van der Waals surface area contributed by atoms with Gasteiger partial charge in [-0.3, -0.25) is 28.7 Å². The van der Waals surface area contributed by atoms with Gasteiger partial charge in [-0.1, -0.05) is 13.0 Å². The average Bonchev–Trinajstić information content (AvgIpc) is 2.64. The van der Waals surface area contributed by atoms with Crippen LogP contribution in [-0.4, -0.2) is 31.1 Å². The summed E-state index contributed by atoms with van der Waals surface area (Å²) in [5.41, 5.74) is -0.0353. The molecule has 0 saturated carbocycles. The molecule has 0 bridgehead atoms. The number of aromatic amines is 1. The molecule has 0 spiro atoms. The molecule has 3 aromatic heterocycles. The van der Waals surface area contributed by atoms with E-state index < -0.39 is 11.2 Å². The van der Waals surface area contributed by atoms with Crippen LogP contribution in [-0.2, 0) is 6.54 Å². The molecule has 0 fully saturated rings. The summed E-state index contributed by atoms with van der Waals surface area (Å²) in [4.78, 5) is 48.2. The van der Waals surface area contributed by atoms with Gasteiger partial charge in [0.25, 0.3) is 11.5 Å². The Labute approximate surface area is 154 Å². The van der Waals surface area contributed by atoms with Crippen LogP contribution in [0.25, 0.3) is 11.0 Å². The lowest BCUT2D eigenvalue weighted by molar-refractivity contribution is 0.0954. The molecule has 0 aromatic carbocycles. The highest BCUT2D eigenvalue weighted by atomic mass is 16.2. The summed E-state index contributed by atoms with van der Waals surface area (Å²) in [5.74, 6) is -0.350. The van der Waals surface area contributed by atoms with Crippen LogP contribution in [0.4, 0.5) is 0 Å². The zero-order valence-electron chi connectivity index (χ0n) is 15.5. The molecule has 0 atom stereocenters. The molecule has 0 amide bonds. The molecule has 8 nitrogen and oxygen atoms in total. The number of pyridine rings is 2. The zero-order chi connectivity index (χ0) is 19.6. The number of carbonyl (C=O) groups excluding carboxylic acids is 1. The number of H-pyrrole nitrogens is 1. The maximum atomic E-state index is 13.0. The lowest BCUT2D eigenvalue weighted by atomic mass is 10.2. The lowest BCUT2D eigenvalue weighted by Crippen LogP contribution is -2.32. The standard InChI is InChI=1S/C19H21N5O3/c1-4-8-24-16-14(17(25)22-19(24)27)10-13(11-20-16)18(26)23-9-6-5-7-15(23)21-12(2)3/h5-7,9-12H,4,8H2,1-3H3,(H,22,25,27). The van der Waals surface area contributed by atoms with E-state index in [1.807, 2.05) is 20.8 Å². The molecular formula is C19H21N5O3. The van der Waals surface area contributed by atoms with Gasteiger partial charge >= 0.3 is 5.69 Å². The smallest absolute Gasteiger partial charge is 0.278 e. The largest absolute Gasteiger partial charge is 0.329 e. The third-order valence-electron chi connectivity index (χ3n) is 3.97. The maximum absolute atomic E-state index is 13.0. The summed E-state index contributed by atoms with van der Waals surface area (Å²) in [6.45, 7) is 6.20. The third-order valence-corrected chi connectivity index (χ3v) is 3.97. The predicted molar refractivity (Wildman–Crippen MR) is 102 cm³/mol. The first-order valence-corrected chi connectivity index (χ1v) is 8.81. The van der Waals surface area contributed by atoms with Gasteiger partial charge in [-0.25, -0.2) is 9.78 Å². The molecule has 0 radical (unpaired) electrons. The van der Waals surface area contributed by atoms with Crippen molar-refractivity contribution >= 4 is 16.9 Å². The molecular weight excluding hydrogens is 346 g/mol. The van der Waals surface area contributed by atoms with E-state index in [9.17, 15) is 14.4 Å². The summed E-state index contributed by atoms with van der Waals surface area (Å²) < 4.78 is 2.82. The first kappa shape index (κ1) is 18.5. The molecule has 0 unspecified atom stereocenters. The van der Waals surface area contributed by atoms with E-state index in [4.69, 9.17) is 0 Å². The van der Waals surface area contributed by atoms with Crippen LogP contribution in [0.1, 0.15) is 37.6 Å². The van der Waals surface area contributed by atoms with E-state index in [1.165, 1.54) is 21.4 Å². The summed E-state index contributed by atoms with van der Waals surface area (Å²) in [6, 6.07) is 6.77. The van der Waals surface area contributed by atoms with Gasteiger partial charge in [0.1, 0.15) is 11.1 Å². The van der Waals surface area contributed by atoms with Crippen molar-refractivity contribution in [2.45, 2.75) is 39.8 Å². The third kappa shape index (κ3) is 3.64. The van der Waals surface area contributed by atoms with Crippen molar-refractivity contribution in [1.29, 1.82) is 0 Å². The van der Waals surface area contributed by atoms with E-state index in [-0.39, 0.29) is 28.5 Å². The monoisotopic (exact) mass is 367 g/mol. The summed E-state index contributed by atoms with van der Waals surface area (Å²) in [7, 11) is 0. The van der Waals surface area contributed by atoms with Crippen molar-refractivity contribution in [3.05, 3.63) is 68.5 Å². The Bertz CT molecular complexity index is 1180. The van der Waals surface area contributed by atoms with Crippen LogP contribution in [0.2, 0.25) is 0 Å². The predicted octanol–water partition coefficient (Wildman–Crippen LogP) is 1.29. The van der Waals surface area contributed by atoms with E-state index in [0.29, 0.717) is 18.5 Å². The number of carbonyl (C=O) groups is 1. The van der Waals surface area contributed by atoms with Crippen molar-refractivity contribution in [1.82, 2.24) is 19.1 Å². The molecule has 27 heavy (non-hydrogen) atoms. The molecule has 0 saturated heterocycles. The number of hydrogen-bond acceptors (Lipinski definition) is 5. The first-order chi connectivity index (χ1) is 12.9. The number of nitrogens with zero attached hydrogens (tertiary/aromatic N) is 4. The molecule has 3 heterocycles. The quantitative estimate of drug-likeness (QED) is 0.751. The van der Waals surface area contributed by atoms with Crippen molar-refractivity contribution < 1.29 is 4.79 Å². The Balaban J connectivity index is 2.19. The molecule has 140 valence electrons. The first-order valence-electron chi connectivity index (χ1n) is 8.81. The van der Waals surface area contributed by atoms with E-state index in [1.54, 1.807) is 24.4 Å². The van der Waals surface area contributed by atoms with Crippen LogP contribution >= 0.6 is 0 Å². The van der Waals surface area contributed by atoms with E-state index in [2.05, 4.69) is 15.0 Å². The molecule has 0 aliphatic heterocycles. The minimum atomic E-state index is -0.561. The van der Waals surface area contributed by atoms with E-state index in [0.717, 1.165) is 0 Å². The second kappa shape index (κ2) is 7.53. The van der Waals surface area contributed by atoms with Gasteiger partial charge in [-0.15, -0.1) is 0 Å². The number of aromatic nitrogens is 4. The van der Waals surface area contributed by atoms with E-state index >= 15 is 0 Å². The van der Waals surface area contributed by atoms with Crippen molar-refractivity contribution in [3.8, 4) is 0 Å². The topological polar surface area (TPSA) is 102 Å². The Morgan fingerprint density at radius 2 is 2.07 bits per heavy atom.